The van der Waals surface area contributed by atoms with Crippen LogP contribution in [0.2, 0.25) is 0 Å². The molecule has 1 fully saturated rings. The van der Waals surface area contributed by atoms with E-state index in [0.717, 1.165) is 37.3 Å². The molecule has 1 aromatic rings. The van der Waals surface area contributed by atoms with Gasteiger partial charge in [-0.25, -0.2) is 9.97 Å². The standard InChI is InChI=1S/C12H19N3O2/c1-3-4-10-11(13-2)14-8-15-12(10)17-9-5-6-16-7-9/h8-9H,3-7H2,1-2H3,(H,13,14,15). The van der Waals surface area contributed by atoms with E-state index >= 15 is 0 Å². The molecule has 0 spiro atoms. The lowest BCUT2D eigenvalue weighted by Crippen LogP contribution is -2.18. The molecule has 1 aromatic heterocycles. The van der Waals surface area contributed by atoms with Crippen molar-refractivity contribution in [3.05, 3.63) is 11.9 Å². The number of hydrogen-bond acceptors (Lipinski definition) is 5. The molecule has 1 aliphatic heterocycles. The van der Waals surface area contributed by atoms with Crippen molar-refractivity contribution >= 4 is 5.82 Å². The summed E-state index contributed by atoms with van der Waals surface area (Å²) in [6, 6.07) is 0. The third-order valence-electron chi connectivity index (χ3n) is 2.81. The molecule has 2 rings (SSSR count). The summed E-state index contributed by atoms with van der Waals surface area (Å²) >= 11 is 0. The van der Waals surface area contributed by atoms with Gasteiger partial charge in [0.2, 0.25) is 5.88 Å². The van der Waals surface area contributed by atoms with Gasteiger partial charge in [-0.1, -0.05) is 13.3 Å². The zero-order chi connectivity index (χ0) is 12.1. The molecule has 1 aliphatic rings. The van der Waals surface area contributed by atoms with Crippen molar-refractivity contribution in [2.75, 3.05) is 25.6 Å². The Kier molecular flexibility index (Phi) is 4.14. The third-order valence-corrected chi connectivity index (χ3v) is 2.81. The van der Waals surface area contributed by atoms with Gasteiger partial charge in [0.25, 0.3) is 0 Å². The fraction of sp³-hybridized carbons (Fsp3) is 0.667. The molecular formula is C12H19N3O2. The largest absolute Gasteiger partial charge is 0.471 e. The predicted molar refractivity (Wildman–Crippen MR) is 65.4 cm³/mol. The van der Waals surface area contributed by atoms with E-state index in [1.165, 1.54) is 6.33 Å². The first-order valence-electron chi connectivity index (χ1n) is 6.11. The Morgan fingerprint density at radius 3 is 3.06 bits per heavy atom. The van der Waals surface area contributed by atoms with Crippen LogP contribution >= 0.6 is 0 Å². The number of nitrogens with one attached hydrogen (secondary N) is 1. The number of anilines is 1. The van der Waals surface area contributed by atoms with Crippen LogP contribution in [0.15, 0.2) is 6.33 Å². The van der Waals surface area contributed by atoms with E-state index in [4.69, 9.17) is 9.47 Å². The van der Waals surface area contributed by atoms with Crippen molar-refractivity contribution in [2.45, 2.75) is 32.3 Å². The van der Waals surface area contributed by atoms with Crippen LogP contribution in [0.25, 0.3) is 0 Å². The Morgan fingerprint density at radius 2 is 2.41 bits per heavy atom. The highest BCUT2D eigenvalue weighted by molar-refractivity contribution is 5.48. The van der Waals surface area contributed by atoms with Crippen LogP contribution < -0.4 is 10.1 Å². The highest BCUT2D eigenvalue weighted by Gasteiger charge is 2.20. The first kappa shape index (κ1) is 12.1. The second kappa shape index (κ2) is 5.82. The zero-order valence-corrected chi connectivity index (χ0v) is 10.4. The van der Waals surface area contributed by atoms with E-state index in [-0.39, 0.29) is 6.10 Å². The molecule has 5 heteroatoms. The maximum absolute atomic E-state index is 5.89. The summed E-state index contributed by atoms with van der Waals surface area (Å²) in [4.78, 5) is 8.46. The van der Waals surface area contributed by atoms with Crippen LogP contribution in [-0.2, 0) is 11.2 Å². The fourth-order valence-electron chi connectivity index (χ4n) is 1.95. The lowest BCUT2D eigenvalue weighted by molar-refractivity contribution is 0.137. The summed E-state index contributed by atoms with van der Waals surface area (Å²) in [5.74, 6) is 1.55. The Bertz CT molecular complexity index is 365. The monoisotopic (exact) mass is 237 g/mol. The molecule has 0 bridgehead atoms. The molecule has 1 saturated heterocycles. The summed E-state index contributed by atoms with van der Waals surface area (Å²) in [5.41, 5.74) is 1.06. The number of rotatable bonds is 5. The van der Waals surface area contributed by atoms with Crippen molar-refractivity contribution in [3.8, 4) is 5.88 Å². The van der Waals surface area contributed by atoms with E-state index in [0.29, 0.717) is 12.5 Å². The SMILES string of the molecule is CCCc1c(NC)ncnc1OC1CCOC1. The van der Waals surface area contributed by atoms with Gasteiger partial charge >= 0.3 is 0 Å². The maximum Gasteiger partial charge on any atom is 0.222 e. The van der Waals surface area contributed by atoms with Crippen molar-refractivity contribution < 1.29 is 9.47 Å². The molecule has 0 saturated carbocycles. The second-order valence-electron chi connectivity index (χ2n) is 4.11. The minimum Gasteiger partial charge on any atom is -0.471 e. The first-order valence-corrected chi connectivity index (χ1v) is 6.11. The normalized spacial score (nSPS) is 19.3. The number of hydrogen-bond donors (Lipinski definition) is 1. The van der Waals surface area contributed by atoms with Crippen LogP contribution in [0.3, 0.4) is 0 Å². The molecule has 0 amide bonds. The topological polar surface area (TPSA) is 56.3 Å². The van der Waals surface area contributed by atoms with Gasteiger partial charge in [-0.3, -0.25) is 0 Å². The zero-order valence-electron chi connectivity index (χ0n) is 10.4. The predicted octanol–water partition coefficient (Wildman–Crippen LogP) is 1.64. The smallest absolute Gasteiger partial charge is 0.222 e. The van der Waals surface area contributed by atoms with Crippen molar-refractivity contribution in [3.63, 3.8) is 0 Å². The van der Waals surface area contributed by atoms with Gasteiger partial charge in [0, 0.05) is 13.5 Å². The summed E-state index contributed by atoms with van der Waals surface area (Å²) in [5, 5.41) is 3.08. The van der Waals surface area contributed by atoms with Crippen molar-refractivity contribution in [2.24, 2.45) is 0 Å². The third kappa shape index (κ3) is 2.85. The van der Waals surface area contributed by atoms with Gasteiger partial charge in [0.05, 0.1) is 18.8 Å². The Balaban J connectivity index is 2.18. The summed E-state index contributed by atoms with van der Waals surface area (Å²) in [6.45, 7) is 3.57. The van der Waals surface area contributed by atoms with Gasteiger partial charge in [-0.2, -0.15) is 0 Å². The summed E-state index contributed by atoms with van der Waals surface area (Å²) < 4.78 is 11.2. The van der Waals surface area contributed by atoms with Gasteiger partial charge in [0.15, 0.2) is 0 Å². The molecule has 5 nitrogen and oxygen atoms in total. The molecule has 0 aromatic carbocycles. The Hall–Kier alpha value is -1.36. The van der Waals surface area contributed by atoms with Gasteiger partial charge in [0.1, 0.15) is 18.2 Å². The van der Waals surface area contributed by atoms with E-state index in [1.807, 2.05) is 7.05 Å². The Labute approximate surface area is 102 Å². The summed E-state index contributed by atoms with van der Waals surface area (Å²) in [6.07, 6.45) is 4.56. The lowest BCUT2D eigenvalue weighted by Gasteiger charge is -2.15. The second-order valence-corrected chi connectivity index (χ2v) is 4.11. The van der Waals surface area contributed by atoms with Crippen molar-refractivity contribution in [1.82, 2.24) is 9.97 Å². The van der Waals surface area contributed by atoms with Crippen LogP contribution in [-0.4, -0.2) is 36.3 Å². The lowest BCUT2D eigenvalue weighted by atomic mass is 10.1. The molecule has 0 radical (unpaired) electrons. The molecule has 94 valence electrons. The minimum atomic E-state index is 0.130. The molecule has 1 unspecified atom stereocenters. The van der Waals surface area contributed by atoms with Crippen LogP contribution in [0, 0.1) is 0 Å². The number of nitrogens with zero attached hydrogens (tertiary/aromatic N) is 2. The van der Waals surface area contributed by atoms with E-state index in [1.54, 1.807) is 0 Å². The number of aromatic nitrogens is 2. The first-order chi connectivity index (χ1) is 8.35. The molecule has 17 heavy (non-hydrogen) atoms. The van der Waals surface area contributed by atoms with E-state index < -0.39 is 0 Å². The van der Waals surface area contributed by atoms with Crippen LogP contribution in [0.1, 0.15) is 25.3 Å². The van der Waals surface area contributed by atoms with Crippen molar-refractivity contribution in [1.29, 1.82) is 0 Å². The average molecular weight is 237 g/mol. The molecule has 1 atom stereocenters. The maximum atomic E-state index is 5.89. The van der Waals surface area contributed by atoms with Gasteiger partial charge in [-0.05, 0) is 6.42 Å². The van der Waals surface area contributed by atoms with Crippen LogP contribution in [0.5, 0.6) is 5.88 Å². The van der Waals surface area contributed by atoms with Gasteiger partial charge in [-0.15, -0.1) is 0 Å². The highest BCUT2D eigenvalue weighted by Crippen LogP contribution is 2.25. The van der Waals surface area contributed by atoms with Crippen LogP contribution in [0.4, 0.5) is 5.82 Å². The average Bonchev–Trinajstić information content (AvgIpc) is 2.84. The quantitative estimate of drug-likeness (QED) is 0.843. The molecule has 2 heterocycles. The van der Waals surface area contributed by atoms with E-state index in [2.05, 4.69) is 22.2 Å². The minimum absolute atomic E-state index is 0.130. The highest BCUT2D eigenvalue weighted by atomic mass is 16.5. The summed E-state index contributed by atoms with van der Waals surface area (Å²) in [7, 11) is 1.87. The molecule has 1 N–H and O–H groups in total. The van der Waals surface area contributed by atoms with Gasteiger partial charge < -0.3 is 14.8 Å². The fourth-order valence-corrected chi connectivity index (χ4v) is 1.95. The van der Waals surface area contributed by atoms with E-state index in [9.17, 15) is 0 Å². The Morgan fingerprint density at radius 1 is 1.53 bits per heavy atom. The number of ether oxygens (including phenoxy) is 2. The molecular weight excluding hydrogens is 218 g/mol. The molecule has 0 aliphatic carbocycles.